The lowest BCUT2D eigenvalue weighted by Gasteiger charge is -2.26. The number of hydrazine groups is 1. The van der Waals surface area contributed by atoms with Crippen molar-refractivity contribution in [3.63, 3.8) is 0 Å². The molecular formula is C12H19BrN4O2S. The van der Waals surface area contributed by atoms with Crippen LogP contribution < -0.4 is 16.1 Å². The quantitative estimate of drug-likeness (QED) is 0.637. The first-order valence-corrected chi connectivity index (χ1v) is 8.88. The van der Waals surface area contributed by atoms with Gasteiger partial charge in [0.2, 0.25) is 5.91 Å². The molecule has 3 rings (SSSR count). The predicted octanol–water partition coefficient (Wildman–Crippen LogP) is 0.492. The number of thioether (sulfide) groups is 1. The summed E-state index contributed by atoms with van der Waals surface area (Å²) < 4.78 is 0. The maximum atomic E-state index is 12.1. The number of carbonyl (C=O) groups is 2. The standard InChI is InChI=1S/C12H19BrN4O2S/c13-7-1-3-8(4-2-7)16-10(18)5-9-11(19)17-12(20-9)14-6-15-17/h7-9,12,14-15H,1-6H2,(H,16,18). The predicted molar refractivity (Wildman–Crippen MR) is 80.9 cm³/mol. The van der Waals surface area contributed by atoms with Crippen LogP contribution >= 0.6 is 27.7 Å². The van der Waals surface area contributed by atoms with E-state index < -0.39 is 0 Å². The molecule has 6 nitrogen and oxygen atoms in total. The number of alkyl halides is 1. The molecule has 0 bridgehead atoms. The average molecular weight is 363 g/mol. The fourth-order valence-electron chi connectivity index (χ4n) is 2.85. The summed E-state index contributed by atoms with van der Waals surface area (Å²) in [5.74, 6) is -0.000590. The lowest BCUT2D eigenvalue weighted by molar-refractivity contribution is -0.133. The monoisotopic (exact) mass is 362 g/mol. The van der Waals surface area contributed by atoms with Crippen LogP contribution in [0.25, 0.3) is 0 Å². The van der Waals surface area contributed by atoms with Crippen molar-refractivity contribution in [2.45, 2.75) is 53.7 Å². The van der Waals surface area contributed by atoms with Crippen LogP contribution in [0.2, 0.25) is 0 Å². The van der Waals surface area contributed by atoms with Gasteiger partial charge in [-0.15, -0.1) is 11.8 Å². The second-order valence-corrected chi connectivity index (χ2v) is 8.03. The maximum absolute atomic E-state index is 12.1. The van der Waals surface area contributed by atoms with E-state index in [2.05, 4.69) is 32.0 Å². The van der Waals surface area contributed by atoms with Crippen LogP contribution in [0.5, 0.6) is 0 Å². The number of hydrogen-bond donors (Lipinski definition) is 3. The van der Waals surface area contributed by atoms with Gasteiger partial charge >= 0.3 is 0 Å². The molecule has 2 heterocycles. The van der Waals surface area contributed by atoms with E-state index in [1.54, 1.807) is 5.01 Å². The summed E-state index contributed by atoms with van der Waals surface area (Å²) in [5, 5.41) is 7.55. The van der Waals surface area contributed by atoms with Gasteiger partial charge < -0.3 is 5.32 Å². The molecule has 2 unspecified atom stereocenters. The highest BCUT2D eigenvalue weighted by Gasteiger charge is 2.43. The fourth-order valence-corrected chi connectivity index (χ4v) is 4.65. The third-order valence-corrected chi connectivity index (χ3v) is 6.21. The number of amides is 2. The molecule has 3 aliphatic rings. The highest BCUT2D eigenvalue weighted by atomic mass is 79.9. The summed E-state index contributed by atoms with van der Waals surface area (Å²) in [6, 6.07) is 0.272. The third-order valence-electron chi connectivity index (χ3n) is 3.96. The number of hydrogen-bond acceptors (Lipinski definition) is 5. The van der Waals surface area contributed by atoms with E-state index in [-0.39, 0.29) is 35.0 Å². The van der Waals surface area contributed by atoms with Gasteiger partial charge in [-0.25, -0.2) is 10.4 Å². The van der Waals surface area contributed by atoms with Gasteiger partial charge in [-0.1, -0.05) is 15.9 Å². The van der Waals surface area contributed by atoms with E-state index >= 15 is 0 Å². The Balaban J connectivity index is 1.46. The Hall–Kier alpha value is -0.310. The van der Waals surface area contributed by atoms with Crippen molar-refractivity contribution in [3.05, 3.63) is 0 Å². The van der Waals surface area contributed by atoms with Crippen molar-refractivity contribution < 1.29 is 9.59 Å². The first kappa shape index (κ1) is 14.6. The van der Waals surface area contributed by atoms with Crippen LogP contribution in [-0.2, 0) is 9.59 Å². The molecule has 8 heteroatoms. The Morgan fingerprint density at radius 3 is 2.85 bits per heavy atom. The molecule has 0 aromatic carbocycles. The van der Waals surface area contributed by atoms with E-state index in [9.17, 15) is 9.59 Å². The molecule has 1 saturated carbocycles. The van der Waals surface area contributed by atoms with E-state index in [0.29, 0.717) is 11.5 Å². The molecule has 0 aromatic rings. The zero-order valence-electron chi connectivity index (χ0n) is 11.1. The molecule has 112 valence electrons. The van der Waals surface area contributed by atoms with Crippen molar-refractivity contribution >= 4 is 39.5 Å². The number of rotatable bonds is 3. The number of nitrogens with zero attached hydrogens (tertiary/aromatic N) is 1. The highest BCUT2D eigenvalue weighted by molar-refractivity contribution is 9.09. The van der Waals surface area contributed by atoms with Gasteiger partial charge in [0.25, 0.3) is 5.91 Å². The van der Waals surface area contributed by atoms with Crippen LogP contribution in [0.3, 0.4) is 0 Å². The zero-order valence-corrected chi connectivity index (χ0v) is 13.5. The molecule has 0 aromatic heterocycles. The summed E-state index contributed by atoms with van der Waals surface area (Å²) >= 11 is 5.12. The number of carbonyl (C=O) groups excluding carboxylic acids is 2. The smallest absolute Gasteiger partial charge is 0.252 e. The van der Waals surface area contributed by atoms with Crippen molar-refractivity contribution in [1.82, 2.24) is 21.1 Å². The summed E-state index contributed by atoms with van der Waals surface area (Å²) in [6.45, 7) is 0.609. The lowest BCUT2D eigenvalue weighted by atomic mass is 9.95. The second kappa shape index (κ2) is 6.21. The minimum Gasteiger partial charge on any atom is -0.353 e. The SMILES string of the molecule is O=C(CC1SC2NCNN2C1=O)NC1CCC(Br)CC1. The summed E-state index contributed by atoms with van der Waals surface area (Å²) in [6.07, 6.45) is 4.52. The van der Waals surface area contributed by atoms with Gasteiger partial charge in [-0.2, -0.15) is 0 Å². The first-order valence-electron chi connectivity index (χ1n) is 7.02. The minimum absolute atomic E-state index is 0.00400. The molecule has 2 amide bonds. The Labute approximate surface area is 130 Å². The Morgan fingerprint density at radius 2 is 2.15 bits per heavy atom. The third kappa shape index (κ3) is 3.13. The van der Waals surface area contributed by atoms with Crippen molar-refractivity contribution in [3.8, 4) is 0 Å². The van der Waals surface area contributed by atoms with E-state index in [1.807, 2.05) is 0 Å². The number of fused-ring (bicyclic) bond motifs is 1. The van der Waals surface area contributed by atoms with Gasteiger partial charge in [0, 0.05) is 17.3 Å². The largest absolute Gasteiger partial charge is 0.353 e. The van der Waals surface area contributed by atoms with Crippen molar-refractivity contribution in [2.24, 2.45) is 0 Å². The summed E-state index contributed by atoms with van der Waals surface area (Å²) in [4.78, 5) is 24.7. The van der Waals surface area contributed by atoms with Crippen LogP contribution in [0.15, 0.2) is 0 Å². The fraction of sp³-hybridized carbons (Fsp3) is 0.833. The van der Waals surface area contributed by atoms with Gasteiger partial charge in [-0.3, -0.25) is 14.9 Å². The van der Waals surface area contributed by atoms with Crippen molar-refractivity contribution in [2.75, 3.05) is 6.67 Å². The molecule has 2 saturated heterocycles. The first-order chi connectivity index (χ1) is 9.63. The Kier molecular flexibility index (Phi) is 4.54. The molecule has 20 heavy (non-hydrogen) atoms. The second-order valence-electron chi connectivity index (χ2n) is 5.44. The zero-order chi connectivity index (χ0) is 14.1. The van der Waals surface area contributed by atoms with Gasteiger partial charge in [-0.05, 0) is 25.7 Å². The lowest BCUT2D eigenvalue weighted by Crippen LogP contribution is -2.42. The van der Waals surface area contributed by atoms with E-state index in [0.717, 1.165) is 25.7 Å². The van der Waals surface area contributed by atoms with Crippen LogP contribution in [0.4, 0.5) is 0 Å². The molecule has 2 atom stereocenters. The molecule has 3 N–H and O–H groups in total. The molecule has 0 radical (unpaired) electrons. The van der Waals surface area contributed by atoms with E-state index in [4.69, 9.17) is 0 Å². The molecule has 2 aliphatic heterocycles. The average Bonchev–Trinajstić information content (AvgIpc) is 2.97. The van der Waals surface area contributed by atoms with Gasteiger partial charge in [0.15, 0.2) is 0 Å². The van der Waals surface area contributed by atoms with E-state index in [1.165, 1.54) is 11.8 Å². The van der Waals surface area contributed by atoms with Gasteiger partial charge in [0.05, 0.1) is 11.9 Å². The van der Waals surface area contributed by atoms with Crippen molar-refractivity contribution in [1.29, 1.82) is 0 Å². The summed E-state index contributed by atoms with van der Waals surface area (Å²) in [5.41, 5.74) is 2.95. The Bertz CT molecular complexity index is 403. The topological polar surface area (TPSA) is 73.5 Å². The number of halogens is 1. The summed E-state index contributed by atoms with van der Waals surface area (Å²) in [7, 11) is 0. The molecular weight excluding hydrogens is 344 g/mol. The van der Waals surface area contributed by atoms with Crippen LogP contribution in [0.1, 0.15) is 32.1 Å². The molecule has 0 spiro atoms. The normalized spacial score (nSPS) is 37.0. The Morgan fingerprint density at radius 1 is 1.40 bits per heavy atom. The van der Waals surface area contributed by atoms with Crippen LogP contribution in [0, 0.1) is 0 Å². The van der Waals surface area contributed by atoms with Gasteiger partial charge in [0.1, 0.15) is 5.50 Å². The maximum Gasteiger partial charge on any atom is 0.252 e. The minimum atomic E-state index is -0.271. The highest BCUT2D eigenvalue weighted by Crippen LogP contribution is 2.32. The number of nitrogens with one attached hydrogen (secondary N) is 3. The van der Waals surface area contributed by atoms with Crippen LogP contribution in [-0.4, -0.2) is 45.1 Å². The molecule has 3 fully saturated rings. The molecule has 1 aliphatic carbocycles.